The SMILES string of the molecule is Cc1nc(CN(C)[C@@H]2CCCN(c3cccnn3)C2)nc2ccccc12. The summed E-state index contributed by atoms with van der Waals surface area (Å²) in [5, 5.41) is 9.40. The number of rotatable bonds is 4. The van der Waals surface area contributed by atoms with E-state index in [0.29, 0.717) is 6.04 Å². The molecule has 0 radical (unpaired) electrons. The zero-order valence-corrected chi connectivity index (χ0v) is 15.3. The van der Waals surface area contributed by atoms with Gasteiger partial charge >= 0.3 is 0 Å². The van der Waals surface area contributed by atoms with E-state index in [2.05, 4.69) is 46.1 Å². The van der Waals surface area contributed by atoms with Gasteiger partial charge in [0.25, 0.3) is 0 Å². The van der Waals surface area contributed by atoms with Crippen molar-refractivity contribution in [3.05, 3.63) is 54.1 Å². The van der Waals surface area contributed by atoms with E-state index in [1.807, 2.05) is 24.3 Å². The Labute approximate surface area is 153 Å². The molecule has 1 aliphatic heterocycles. The molecule has 0 saturated carbocycles. The fraction of sp³-hybridized carbons (Fsp3) is 0.400. The number of aryl methyl sites for hydroxylation is 1. The fourth-order valence-corrected chi connectivity index (χ4v) is 3.70. The van der Waals surface area contributed by atoms with Gasteiger partial charge in [0.2, 0.25) is 0 Å². The molecular formula is C20H24N6. The minimum atomic E-state index is 0.459. The molecule has 2 aromatic heterocycles. The number of likely N-dealkylation sites (N-methyl/N-ethyl adjacent to an activating group) is 1. The highest BCUT2D eigenvalue weighted by Gasteiger charge is 2.24. The number of hydrogen-bond acceptors (Lipinski definition) is 6. The van der Waals surface area contributed by atoms with E-state index in [1.165, 1.54) is 6.42 Å². The Morgan fingerprint density at radius 1 is 1.15 bits per heavy atom. The summed E-state index contributed by atoms with van der Waals surface area (Å²) in [6.45, 7) is 4.81. The molecule has 26 heavy (non-hydrogen) atoms. The van der Waals surface area contributed by atoms with Crippen LogP contribution in [-0.2, 0) is 6.54 Å². The van der Waals surface area contributed by atoms with Gasteiger partial charge in [0.05, 0.1) is 12.1 Å². The van der Waals surface area contributed by atoms with Gasteiger partial charge in [0, 0.05) is 36.4 Å². The zero-order chi connectivity index (χ0) is 17.9. The largest absolute Gasteiger partial charge is 0.354 e. The van der Waals surface area contributed by atoms with Crippen molar-refractivity contribution in [2.24, 2.45) is 0 Å². The van der Waals surface area contributed by atoms with Gasteiger partial charge in [-0.25, -0.2) is 9.97 Å². The van der Waals surface area contributed by atoms with Crippen molar-refractivity contribution >= 4 is 16.7 Å². The lowest BCUT2D eigenvalue weighted by molar-refractivity contribution is 0.203. The minimum Gasteiger partial charge on any atom is -0.354 e. The molecule has 1 aromatic carbocycles. The maximum Gasteiger partial charge on any atom is 0.151 e. The molecule has 1 atom stereocenters. The summed E-state index contributed by atoms with van der Waals surface area (Å²) in [6, 6.07) is 12.6. The van der Waals surface area contributed by atoms with E-state index >= 15 is 0 Å². The Morgan fingerprint density at radius 2 is 2.04 bits per heavy atom. The fourth-order valence-electron chi connectivity index (χ4n) is 3.70. The van der Waals surface area contributed by atoms with Crippen LogP contribution in [-0.4, -0.2) is 51.2 Å². The first-order valence-electron chi connectivity index (χ1n) is 9.16. The zero-order valence-electron chi connectivity index (χ0n) is 15.3. The molecular weight excluding hydrogens is 324 g/mol. The van der Waals surface area contributed by atoms with E-state index < -0.39 is 0 Å². The van der Waals surface area contributed by atoms with Gasteiger partial charge in [-0.05, 0) is 45.0 Å². The normalized spacial score (nSPS) is 17.8. The summed E-state index contributed by atoms with van der Waals surface area (Å²) < 4.78 is 0. The molecule has 3 aromatic rings. The number of hydrogen-bond donors (Lipinski definition) is 0. The quantitative estimate of drug-likeness (QED) is 0.723. The van der Waals surface area contributed by atoms with Crippen LogP contribution < -0.4 is 4.90 Å². The molecule has 6 nitrogen and oxygen atoms in total. The molecule has 3 heterocycles. The standard InChI is InChI=1S/C20H24N6/c1-15-17-8-3-4-9-18(17)23-19(22-15)14-25(2)16-7-6-12-26(13-16)20-10-5-11-21-24-20/h3-5,8-11,16H,6-7,12-14H2,1-2H3/t16-/m1/s1. The molecule has 0 unspecified atom stereocenters. The third kappa shape index (κ3) is 3.51. The van der Waals surface area contributed by atoms with Gasteiger partial charge in [-0.2, -0.15) is 5.10 Å². The van der Waals surface area contributed by atoms with Crippen LogP contribution in [0.15, 0.2) is 42.6 Å². The highest BCUT2D eigenvalue weighted by atomic mass is 15.3. The van der Waals surface area contributed by atoms with E-state index in [0.717, 1.165) is 54.3 Å². The van der Waals surface area contributed by atoms with Crippen molar-refractivity contribution < 1.29 is 0 Å². The molecule has 0 amide bonds. The van der Waals surface area contributed by atoms with Crippen molar-refractivity contribution in [1.82, 2.24) is 25.1 Å². The molecule has 1 aliphatic rings. The number of anilines is 1. The Morgan fingerprint density at radius 3 is 2.88 bits per heavy atom. The number of para-hydroxylation sites is 1. The van der Waals surface area contributed by atoms with Crippen LogP contribution >= 0.6 is 0 Å². The van der Waals surface area contributed by atoms with Gasteiger partial charge in [-0.15, -0.1) is 5.10 Å². The summed E-state index contributed by atoms with van der Waals surface area (Å²) in [6.07, 6.45) is 4.06. The van der Waals surface area contributed by atoms with Crippen LogP contribution in [0.25, 0.3) is 10.9 Å². The van der Waals surface area contributed by atoms with Crippen LogP contribution in [0.5, 0.6) is 0 Å². The van der Waals surface area contributed by atoms with E-state index in [4.69, 9.17) is 9.97 Å². The highest BCUT2D eigenvalue weighted by Crippen LogP contribution is 2.21. The van der Waals surface area contributed by atoms with E-state index in [9.17, 15) is 0 Å². The van der Waals surface area contributed by atoms with E-state index in [-0.39, 0.29) is 0 Å². The number of piperidine rings is 1. The average Bonchev–Trinajstić information content (AvgIpc) is 2.69. The number of nitrogens with zero attached hydrogens (tertiary/aromatic N) is 6. The number of fused-ring (bicyclic) bond motifs is 1. The van der Waals surface area contributed by atoms with Crippen molar-refractivity contribution in [3.8, 4) is 0 Å². The lowest BCUT2D eigenvalue weighted by Crippen LogP contribution is -2.46. The molecule has 134 valence electrons. The summed E-state index contributed by atoms with van der Waals surface area (Å²) in [7, 11) is 2.17. The second kappa shape index (κ2) is 7.33. The van der Waals surface area contributed by atoms with Crippen LogP contribution in [0.1, 0.15) is 24.4 Å². The summed E-state index contributed by atoms with van der Waals surface area (Å²) in [5.74, 6) is 1.85. The molecule has 0 spiro atoms. The van der Waals surface area contributed by atoms with Gasteiger partial charge in [0.15, 0.2) is 5.82 Å². The van der Waals surface area contributed by atoms with Gasteiger partial charge in [-0.1, -0.05) is 18.2 Å². The summed E-state index contributed by atoms with van der Waals surface area (Å²) in [5.41, 5.74) is 2.07. The maximum atomic E-state index is 4.76. The Bertz CT molecular complexity index is 882. The second-order valence-corrected chi connectivity index (χ2v) is 6.98. The Kier molecular flexibility index (Phi) is 4.75. The summed E-state index contributed by atoms with van der Waals surface area (Å²) >= 11 is 0. The second-order valence-electron chi connectivity index (χ2n) is 6.98. The highest BCUT2D eigenvalue weighted by molar-refractivity contribution is 5.80. The van der Waals surface area contributed by atoms with Crippen LogP contribution in [0.2, 0.25) is 0 Å². The van der Waals surface area contributed by atoms with Crippen molar-refractivity contribution in [3.63, 3.8) is 0 Å². The number of benzene rings is 1. The first-order valence-corrected chi connectivity index (χ1v) is 9.16. The average molecular weight is 348 g/mol. The predicted molar refractivity (Wildman–Crippen MR) is 103 cm³/mol. The molecule has 0 aliphatic carbocycles. The molecule has 0 N–H and O–H groups in total. The van der Waals surface area contributed by atoms with Crippen LogP contribution in [0.3, 0.4) is 0 Å². The first kappa shape index (κ1) is 16.8. The molecule has 0 bridgehead atoms. The first-order chi connectivity index (χ1) is 12.7. The predicted octanol–water partition coefficient (Wildman–Crippen LogP) is 2.83. The molecule has 4 rings (SSSR count). The monoisotopic (exact) mass is 348 g/mol. The van der Waals surface area contributed by atoms with E-state index in [1.54, 1.807) is 6.20 Å². The third-order valence-electron chi connectivity index (χ3n) is 5.13. The van der Waals surface area contributed by atoms with Crippen molar-refractivity contribution in [2.45, 2.75) is 32.4 Å². The van der Waals surface area contributed by atoms with Crippen molar-refractivity contribution in [2.75, 3.05) is 25.0 Å². The van der Waals surface area contributed by atoms with Gasteiger partial charge in [-0.3, -0.25) is 4.90 Å². The van der Waals surface area contributed by atoms with Crippen LogP contribution in [0, 0.1) is 6.92 Å². The molecule has 1 saturated heterocycles. The summed E-state index contributed by atoms with van der Waals surface area (Å²) in [4.78, 5) is 14.2. The molecule has 1 fully saturated rings. The maximum absolute atomic E-state index is 4.76. The molecule has 6 heteroatoms. The minimum absolute atomic E-state index is 0.459. The Hall–Kier alpha value is -2.60. The lowest BCUT2D eigenvalue weighted by Gasteiger charge is -2.37. The van der Waals surface area contributed by atoms with Gasteiger partial charge < -0.3 is 4.90 Å². The topological polar surface area (TPSA) is 58.0 Å². The third-order valence-corrected chi connectivity index (χ3v) is 5.13. The lowest BCUT2D eigenvalue weighted by atomic mass is 10.0. The van der Waals surface area contributed by atoms with Crippen molar-refractivity contribution in [1.29, 1.82) is 0 Å². The number of aromatic nitrogens is 4. The van der Waals surface area contributed by atoms with Crippen LogP contribution in [0.4, 0.5) is 5.82 Å². The Balaban J connectivity index is 1.48. The smallest absolute Gasteiger partial charge is 0.151 e. The van der Waals surface area contributed by atoms with Gasteiger partial charge in [0.1, 0.15) is 5.82 Å².